The van der Waals surface area contributed by atoms with Crippen LogP contribution in [0, 0.1) is 20.2 Å². The molecular weight excluding hydrogens is 170 g/mol. The van der Waals surface area contributed by atoms with E-state index in [0.29, 0.717) is 0 Å². The molecular formula is K2N2O4. The van der Waals surface area contributed by atoms with Crippen LogP contribution in [0.4, 0.5) is 0 Å². The molecule has 8 heteroatoms. The Morgan fingerprint density at radius 3 is 0.875 bits per heavy atom. The summed E-state index contributed by atoms with van der Waals surface area (Å²) >= 11 is 0. The van der Waals surface area contributed by atoms with E-state index in [-0.39, 0.29) is 103 Å². The molecule has 0 aromatic heterocycles. The quantitative estimate of drug-likeness (QED) is 0.205. The Kier molecular flexibility index (Phi) is 100. The summed E-state index contributed by atoms with van der Waals surface area (Å²) in [6, 6.07) is 0. The Balaban J connectivity index is -0.0000000160. The van der Waals surface area contributed by atoms with E-state index in [1.165, 1.54) is 0 Å². The smallest absolute Gasteiger partial charge is 0.444 e. The molecule has 0 fully saturated rings. The van der Waals surface area contributed by atoms with Gasteiger partial charge in [-0.25, -0.2) is 0 Å². The van der Waals surface area contributed by atoms with E-state index in [2.05, 4.69) is 0 Å². The van der Waals surface area contributed by atoms with Crippen LogP contribution < -0.4 is 103 Å². The molecule has 0 aromatic carbocycles. The number of nitrogens with zero attached hydrogens (tertiary/aromatic N) is 2. The maximum absolute atomic E-state index is 8.00. The van der Waals surface area contributed by atoms with E-state index >= 15 is 0 Å². The second-order valence-electron chi connectivity index (χ2n) is 0.149. The molecule has 0 saturated carbocycles. The normalized spacial score (nSPS) is 3.00. The van der Waals surface area contributed by atoms with Crippen molar-refractivity contribution in [1.29, 1.82) is 0 Å². The van der Waals surface area contributed by atoms with E-state index in [1.807, 2.05) is 0 Å². The molecule has 0 aliphatic heterocycles. The van der Waals surface area contributed by atoms with E-state index in [4.69, 9.17) is 20.2 Å². The summed E-state index contributed by atoms with van der Waals surface area (Å²) in [7, 11) is 0. The van der Waals surface area contributed by atoms with Gasteiger partial charge in [0.05, 0.1) is 0 Å². The Hall–Kier alpha value is 2.07. The van der Waals surface area contributed by atoms with Gasteiger partial charge in [-0.15, -0.1) is 10.7 Å². The molecule has 0 atom stereocenters. The molecule has 0 radical (unpaired) electrons. The predicted octanol–water partition coefficient (Wildman–Crippen LogP) is -5.49. The van der Waals surface area contributed by atoms with Gasteiger partial charge in [0.25, 0.3) is 0 Å². The van der Waals surface area contributed by atoms with Crippen molar-refractivity contribution in [2.45, 2.75) is 0 Å². The van der Waals surface area contributed by atoms with Crippen LogP contribution in [0.1, 0.15) is 0 Å². The van der Waals surface area contributed by atoms with Crippen LogP contribution in [0.15, 0.2) is 10.7 Å². The number of hydrogen-bond donors (Lipinski definition) is 0. The van der Waals surface area contributed by atoms with Gasteiger partial charge in [-0.05, 0) is 0 Å². The topological polar surface area (TPSA) is 105 Å². The minimum absolute atomic E-state index is 0. The maximum atomic E-state index is 8.00. The molecule has 0 amide bonds. The Morgan fingerprint density at radius 1 is 0.875 bits per heavy atom. The minimum Gasteiger partial charge on any atom is -0.444 e. The Labute approximate surface area is 130 Å². The maximum Gasteiger partial charge on any atom is 1.00 e. The minimum atomic E-state index is 0. The number of rotatable bonds is 0. The van der Waals surface area contributed by atoms with Crippen LogP contribution in [0.25, 0.3) is 0 Å². The summed E-state index contributed by atoms with van der Waals surface area (Å²) in [5.41, 5.74) is 0. The van der Waals surface area contributed by atoms with Crippen LogP contribution >= 0.6 is 0 Å². The van der Waals surface area contributed by atoms with Gasteiger partial charge in [-0.2, -0.15) is 0 Å². The van der Waals surface area contributed by atoms with Gasteiger partial charge in [0.1, 0.15) is 0 Å². The molecule has 0 heterocycles. The zero-order valence-corrected chi connectivity index (χ0v) is 10.8. The van der Waals surface area contributed by atoms with Gasteiger partial charge < -0.3 is 20.2 Å². The van der Waals surface area contributed by atoms with Crippen molar-refractivity contribution in [2.24, 2.45) is 10.7 Å². The monoisotopic (exact) mass is 170 g/mol. The number of hydrogen-bond acceptors (Lipinski definition) is 6. The summed E-state index contributed by atoms with van der Waals surface area (Å²) in [6.45, 7) is 0. The summed E-state index contributed by atoms with van der Waals surface area (Å²) < 4.78 is 0. The first-order valence-corrected chi connectivity index (χ1v) is 0.730. The third-order valence-electron chi connectivity index (χ3n) is 0. The third-order valence-corrected chi connectivity index (χ3v) is 0. The Morgan fingerprint density at radius 2 is 0.875 bits per heavy atom. The largest absolute Gasteiger partial charge is 1.00 e. The van der Waals surface area contributed by atoms with E-state index in [9.17, 15) is 0 Å². The SMILES string of the molecule is O=N[O-].O=N[O-].[K+].[K+]. The van der Waals surface area contributed by atoms with Crippen LogP contribution in [-0.2, 0) is 0 Å². The molecule has 0 unspecified atom stereocenters. The summed E-state index contributed by atoms with van der Waals surface area (Å²) in [5.74, 6) is 0. The van der Waals surface area contributed by atoms with Crippen LogP contribution in [0.3, 0.4) is 0 Å². The first-order chi connectivity index (χ1) is 2.83. The van der Waals surface area contributed by atoms with Crippen molar-refractivity contribution in [3.05, 3.63) is 20.2 Å². The second kappa shape index (κ2) is 35.6. The van der Waals surface area contributed by atoms with Crippen molar-refractivity contribution in [2.75, 3.05) is 0 Å². The molecule has 0 rings (SSSR count). The second-order valence-corrected chi connectivity index (χ2v) is 0.149. The van der Waals surface area contributed by atoms with Crippen LogP contribution in [-0.4, -0.2) is 0 Å². The van der Waals surface area contributed by atoms with E-state index < -0.39 is 0 Å². The summed E-state index contributed by atoms with van der Waals surface area (Å²) in [4.78, 5) is 16.0. The molecule has 8 heavy (non-hydrogen) atoms. The first-order valence-electron chi connectivity index (χ1n) is 0.730. The van der Waals surface area contributed by atoms with Gasteiger partial charge in [-0.1, -0.05) is 0 Å². The van der Waals surface area contributed by atoms with Gasteiger partial charge >= 0.3 is 103 Å². The van der Waals surface area contributed by atoms with Gasteiger partial charge in [0, 0.05) is 0 Å². The zero-order chi connectivity index (χ0) is 5.41. The molecule has 0 aliphatic rings. The predicted molar refractivity (Wildman–Crippen MR) is 18.3 cm³/mol. The fraction of sp³-hybridized carbons (Fsp3) is 0. The average molecular weight is 170 g/mol. The summed E-state index contributed by atoms with van der Waals surface area (Å²) in [5, 5.41) is 18.0. The van der Waals surface area contributed by atoms with Crippen LogP contribution in [0.2, 0.25) is 0 Å². The van der Waals surface area contributed by atoms with E-state index in [0.717, 1.165) is 10.7 Å². The molecule has 6 nitrogen and oxygen atoms in total. The van der Waals surface area contributed by atoms with Crippen molar-refractivity contribution < 1.29 is 103 Å². The van der Waals surface area contributed by atoms with Crippen LogP contribution in [0.5, 0.6) is 0 Å². The van der Waals surface area contributed by atoms with Gasteiger partial charge in [0.2, 0.25) is 0 Å². The molecule has 0 saturated heterocycles. The molecule has 36 valence electrons. The zero-order valence-electron chi connectivity index (χ0n) is 4.53. The van der Waals surface area contributed by atoms with E-state index in [1.54, 1.807) is 0 Å². The molecule has 0 spiro atoms. The van der Waals surface area contributed by atoms with Gasteiger partial charge in [0.15, 0.2) is 0 Å². The summed E-state index contributed by atoms with van der Waals surface area (Å²) in [6.07, 6.45) is 0. The molecule has 0 aromatic rings. The van der Waals surface area contributed by atoms with Gasteiger partial charge in [-0.3, -0.25) is 0 Å². The average Bonchev–Trinajstić information content (AvgIpc) is 1.39. The fourth-order valence-corrected chi connectivity index (χ4v) is 0. The fourth-order valence-electron chi connectivity index (χ4n) is 0. The van der Waals surface area contributed by atoms with Crippen molar-refractivity contribution in [1.82, 2.24) is 0 Å². The first kappa shape index (κ1) is 22.5. The molecule has 0 N–H and O–H groups in total. The third kappa shape index (κ3) is 94.0. The van der Waals surface area contributed by atoms with Crippen molar-refractivity contribution >= 4 is 0 Å². The molecule has 0 bridgehead atoms. The Bertz CT molecular complexity index is 33.0. The molecule has 0 aliphatic carbocycles. The van der Waals surface area contributed by atoms with Crippen molar-refractivity contribution in [3.8, 4) is 0 Å². The van der Waals surface area contributed by atoms with Crippen molar-refractivity contribution in [3.63, 3.8) is 0 Å². The standard InChI is InChI=1S/2K.2HNO2/c;;2*2-1-3/h;;2*(H,2,3)/q2*+1;;/p-2.